The van der Waals surface area contributed by atoms with Gasteiger partial charge in [-0.3, -0.25) is 0 Å². The van der Waals surface area contributed by atoms with Crippen LogP contribution in [-0.2, 0) is 5.41 Å². The summed E-state index contributed by atoms with van der Waals surface area (Å²) in [7, 11) is 0. The monoisotopic (exact) mass is 856 g/mol. The zero-order valence-corrected chi connectivity index (χ0v) is 40.5. The van der Waals surface area contributed by atoms with Gasteiger partial charge in [0.15, 0.2) is 0 Å². The van der Waals surface area contributed by atoms with Crippen LogP contribution in [0.25, 0.3) is 54.6 Å². The predicted octanol–water partition coefficient (Wildman–Crippen LogP) is 18.6. The summed E-state index contributed by atoms with van der Waals surface area (Å²) in [5.41, 5.74) is 23.2. The standard InChI is InChI=1S/C64H60N2/c1-39-18-28-52(29-19-39)65(56-36-49(24-22-41(56)3)60-43(5)14-12-15-44(60)6)58-38-59(55-33-27-48-35-51(64(9,10)11)34-47-26-32-54(58)63(55)62(47)48)66(53-30-20-40(2)21-31-53)57-37-50(25-23-42(57)4)61-45(7)16-13-17-46(61)8/h12-38H,1-11H3. The Kier molecular flexibility index (Phi) is 10.6. The lowest BCUT2D eigenvalue weighted by molar-refractivity contribution is 0.591. The number of aryl methyl sites for hydroxylation is 8. The van der Waals surface area contributed by atoms with Crippen LogP contribution in [0.3, 0.4) is 0 Å². The lowest BCUT2D eigenvalue weighted by atomic mass is 9.83. The Morgan fingerprint density at radius 1 is 0.333 bits per heavy atom. The normalized spacial score (nSPS) is 11.9. The highest BCUT2D eigenvalue weighted by Gasteiger charge is 2.27. The number of hydrogen-bond acceptors (Lipinski definition) is 2. The molecule has 0 aliphatic rings. The second kappa shape index (κ2) is 16.4. The molecule has 0 atom stereocenters. The number of benzene rings is 10. The van der Waals surface area contributed by atoms with Crippen LogP contribution in [0.5, 0.6) is 0 Å². The van der Waals surface area contributed by atoms with Crippen LogP contribution >= 0.6 is 0 Å². The Bertz CT molecular complexity index is 3210. The van der Waals surface area contributed by atoms with Crippen molar-refractivity contribution >= 4 is 66.4 Å². The van der Waals surface area contributed by atoms with E-state index in [4.69, 9.17) is 0 Å². The van der Waals surface area contributed by atoms with E-state index < -0.39 is 0 Å². The van der Waals surface area contributed by atoms with Crippen molar-refractivity contribution in [2.24, 2.45) is 0 Å². The minimum absolute atomic E-state index is 0.00125. The zero-order chi connectivity index (χ0) is 46.2. The van der Waals surface area contributed by atoms with E-state index in [1.165, 1.54) is 105 Å². The minimum atomic E-state index is 0.00125. The van der Waals surface area contributed by atoms with Crippen molar-refractivity contribution in [2.75, 3.05) is 9.80 Å². The molecule has 0 unspecified atom stereocenters. The first-order chi connectivity index (χ1) is 31.7. The third-order valence-electron chi connectivity index (χ3n) is 14.0. The molecule has 0 aliphatic carbocycles. The van der Waals surface area contributed by atoms with E-state index in [0.29, 0.717) is 0 Å². The quantitative estimate of drug-likeness (QED) is 0.141. The third kappa shape index (κ3) is 7.39. The van der Waals surface area contributed by atoms with Gasteiger partial charge in [0.25, 0.3) is 0 Å². The molecule has 10 rings (SSSR count). The fourth-order valence-electron chi connectivity index (χ4n) is 10.4. The fraction of sp³-hybridized carbons (Fsp3) is 0.188. The molecule has 0 radical (unpaired) electrons. The Morgan fingerprint density at radius 3 is 1.11 bits per heavy atom. The van der Waals surface area contributed by atoms with Crippen molar-refractivity contribution in [3.63, 3.8) is 0 Å². The second-order valence-corrected chi connectivity index (χ2v) is 19.9. The maximum absolute atomic E-state index is 2.54. The first kappa shape index (κ1) is 42.8. The van der Waals surface area contributed by atoms with Crippen molar-refractivity contribution in [3.05, 3.63) is 214 Å². The van der Waals surface area contributed by atoms with Gasteiger partial charge in [-0.1, -0.05) is 153 Å². The van der Waals surface area contributed by atoms with Gasteiger partial charge in [-0.05, 0) is 181 Å². The predicted molar refractivity (Wildman–Crippen MR) is 287 cm³/mol. The summed E-state index contributed by atoms with van der Waals surface area (Å²) in [6.45, 7) is 24.8. The van der Waals surface area contributed by atoms with Crippen LogP contribution in [0.4, 0.5) is 34.1 Å². The molecule has 0 spiro atoms. The topological polar surface area (TPSA) is 6.48 Å². The summed E-state index contributed by atoms with van der Waals surface area (Å²) in [6, 6.07) is 62.4. The first-order valence-corrected chi connectivity index (χ1v) is 23.5. The molecule has 10 aromatic rings. The Balaban J connectivity index is 1.36. The summed E-state index contributed by atoms with van der Waals surface area (Å²) in [5.74, 6) is 0. The van der Waals surface area contributed by atoms with Gasteiger partial charge in [0.2, 0.25) is 0 Å². The number of anilines is 6. The molecule has 2 nitrogen and oxygen atoms in total. The second-order valence-electron chi connectivity index (χ2n) is 19.9. The van der Waals surface area contributed by atoms with Crippen LogP contribution in [0, 0.1) is 55.4 Å². The van der Waals surface area contributed by atoms with Gasteiger partial charge in [0.05, 0.1) is 11.4 Å². The van der Waals surface area contributed by atoms with E-state index in [9.17, 15) is 0 Å². The highest BCUT2D eigenvalue weighted by Crippen LogP contribution is 2.52. The third-order valence-corrected chi connectivity index (χ3v) is 14.0. The average molecular weight is 857 g/mol. The average Bonchev–Trinajstić information content (AvgIpc) is 3.28. The summed E-state index contributed by atoms with van der Waals surface area (Å²) < 4.78 is 0. The Hall–Kier alpha value is -7.16. The Labute approximate surface area is 392 Å². The summed E-state index contributed by atoms with van der Waals surface area (Å²) in [4.78, 5) is 5.07. The van der Waals surface area contributed by atoms with Crippen molar-refractivity contribution < 1.29 is 0 Å². The van der Waals surface area contributed by atoms with E-state index in [2.05, 4.69) is 250 Å². The van der Waals surface area contributed by atoms with Gasteiger partial charge < -0.3 is 9.80 Å². The fourth-order valence-corrected chi connectivity index (χ4v) is 10.4. The van der Waals surface area contributed by atoms with Crippen molar-refractivity contribution in [3.8, 4) is 22.3 Å². The molecule has 10 aromatic carbocycles. The molecule has 0 saturated carbocycles. The summed E-state index contributed by atoms with van der Waals surface area (Å²) in [6.07, 6.45) is 0. The lowest BCUT2D eigenvalue weighted by Crippen LogP contribution is -2.16. The van der Waals surface area contributed by atoms with Gasteiger partial charge in [0, 0.05) is 38.9 Å². The highest BCUT2D eigenvalue weighted by atomic mass is 15.2. The molecule has 0 bridgehead atoms. The molecule has 326 valence electrons. The molecule has 0 amide bonds. The summed E-state index contributed by atoms with van der Waals surface area (Å²) >= 11 is 0. The molecular weight excluding hydrogens is 797 g/mol. The van der Waals surface area contributed by atoms with Crippen molar-refractivity contribution in [1.29, 1.82) is 0 Å². The van der Waals surface area contributed by atoms with E-state index in [1.807, 2.05) is 0 Å². The van der Waals surface area contributed by atoms with Crippen LogP contribution in [0.2, 0.25) is 0 Å². The van der Waals surface area contributed by atoms with Crippen molar-refractivity contribution in [2.45, 2.75) is 81.6 Å². The minimum Gasteiger partial charge on any atom is -0.310 e. The van der Waals surface area contributed by atoms with Crippen molar-refractivity contribution in [1.82, 2.24) is 0 Å². The van der Waals surface area contributed by atoms with Gasteiger partial charge in [0.1, 0.15) is 0 Å². The molecule has 0 heterocycles. The van der Waals surface area contributed by atoms with E-state index >= 15 is 0 Å². The molecule has 0 fully saturated rings. The maximum atomic E-state index is 2.54. The van der Waals surface area contributed by atoms with Gasteiger partial charge in [-0.25, -0.2) is 0 Å². The van der Waals surface area contributed by atoms with E-state index in [0.717, 1.165) is 34.1 Å². The molecule has 0 aliphatic heterocycles. The molecule has 0 aromatic heterocycles. The summed E-state index contributed by atoms with van der Waals surface area (Å²) in [5, 5.41) is 7.55. The SMILES string of the molecule is Cc1ccc(N(c2cc(-c3c(C)cccc3C)ccc2C)c2cc(N(c3ccc(C)cc3)c3cc(-c4c(C)cccc4C)ccc3C)c3ccc4cc(C(C)(C)C)cc5ccc2c3c54)cc1. The molecule has 66 heavy (non-hydrogen) atoms. The van der Waals surface area contributed by atoms with Crippen LogP contribution in [0.1, 0.15) is 70.8 Å². The van der Waals surface area contributed by atoms with Crippen LogP contribution in [0.15, 0.2) is 164 Å². The lowest BCUT2D eigenvalue weighted by Gasteiger charge is -2.34. The Morgan fingerprint density at radius 2 is 0.727 bits per heavy atom. The smallest absolute Gasteiger partial charge is 0.0561 e. The van der Waals surface area contributed by atoms with Gasteiger partial charge in [-0.2, -0.15) is 0 Å². The number of hydrogen-bond donors (Lipinski definition) is 0. The zero-order valence-electron chi connectivity index (χ0n) is 40.5. The largest absolute Gasteiger partial charge is 0.310 e. The molecule has 2 heteroatoms. The molecular formula is C64H60N2. The van der Waals surface area contributed by atoms with Crippen LogP contribution < -0.4 is 9.80 Å². The van der Waals surface area contributed by atoms with E-state index in [1.54, 1.807) is 0 Å². The first-order valence-electron chi connectivity index (χ1n) is 23.5. The number of rotatable bonds is 8. The van der Waals surface area contributed by atoms with Gasteiger partial charge in [-0.15, -0.1) is 0 Å². The van der Waals surface area contributed by atoms with Gasteiger partial charge >= 0.3 is 0 Å². The van der Waals surface area contributed by atoms with E-state index in [-0.39, 0.29) is 5.41 Å². The molecule has 0 saturated heterocycles. The highest BCUT2D eigenvalue weighted by molar-refractivity contribution is 6.29. The maximum Gasteiger partial charge on any atom is 0.0561 e. The number of nitrogens with zero attached hydrogens (tertiary/aromatic N) is 2. The molecule has 0 N–H and O–H groups in total. The van der Waals surface area contributed by atoms with Crippen LogP contribution in [-0.4, -0.2) is 0 Å².